The van der Waals surface area contributed by atoms with Crippen LogP contribution in [0, 0.1) is 51.8 Å². The van der Waals surface area contributed by atoms with E-state index in [1.165, 1.54) is 57.8 Å². The second kappa shape index (κ2) is 7.93. The molecule has 3 fully saturated rings. The van der Waals surface area contributed by atoms with Gasteiger partial charge in [-0.2, -0.15) is 0 Å². The van der Waals surface area contributed by atoms with E-state index < -0.39 is 0 Å². The van der Waals surface area contributed by atoms with Crippen LogP contribution in [0.4, 0.5) is 0 Å². The number of aliphatic hydroxyl groups is 1. The second-order valence-electron chi connectivity index (χ2n) is 13.6. The lowest BCUT2D eigenvalue weighted by Crippen LogP contribution is -2.52. The third kappa shape index (κ3) is 3.54. The highest BCUT2D eigenvalue weighted by molar-refractivity contribution is 5.29. The molecule has 4 aliphatic carbocycles. The van der Waals surface area contributed by atoms with E-state index in [9.17, 15) is 5.11 Å². The predicted molar refractivity (Wildman–Crippen MR) is 128 cm³/mol. The van der Waals surface area contributed by atoms with E-state index in [-0.39, 0.29) is 6.10 Å². The Morgan fingerprint density at radius 1 is 1.00 bits per heavy atom. The van der Waals surface area contributed by atoms with Crippen LogP contribution in [-0.4, -0.2) is 11.2 Å². The number of allylic oxidation sites excluding steroid dienone is 2. The van der Waals surface area contributed by atoms with Crippen LogP contribution in [0.2, 0.25) is 0 Å². The number of aliphatic hydroxyl groups excluding tert-OH is 1. The quantitative estimate of drug-likeness (QED) is 0.451. The first-order valence-electron chi connectivity index (χ1n) is 13.4. The molecule has 0 aromatic rings. The molecule has 0 bridgehead atoms. The SMILES string of the molecule is CC(C)CCCC(C)[C@H]1[C@@H](O)C[C@H]2[C@@H]3CC=C4C(C)(C)CCC[C@]4(C)[C@H]3CC[C@@]21C. The van der Waals surface area contributed by atoms with Crippen LogP contribution >= 0.6 is 0 Å². The lowest BCUT2D eigenvalue weighted by Gasteiger charge is -2.60. The van der Waals surface area contributed by atoms with Gasteiger partial charge in [-0.1, -0.05) is 85.8 Å². The molecule has 0 aliphatic heterocycles. The summed E-state index contributed by atoms with van der Waals surface area (Å²) in [5, 5.41) is 11.3. The fourth-order valence-electron chi connectivity index (χ4n) is 9.60. The molecule has 0 saturated heterocycles. The van der Waals surface area contributed by atoms with Crippen molar-refractivity contribution >= 4 is 0 Å². The maximum Gasteiger partial charge on any atom is 0.0579 e. The van der Waals surface area contributed by atoms with Gasteiger partial charge in [0.05, 0.1) is 6.10 Å². The molecule has 8 atom stereocenters. The van der Waals surface area contributed by atoms with Gasteiger partial charge < -0.3 is 5.11 Å². The van der Waals surface area contributed by atoms with Crippen LogP contribution in [0.3, 0.4) is 0 Å². The highest BCUT2D eigenvalue weighted by atomic mass is 16.3. The van der Waals surface area contributed by atoms with Crippen molar-refractivity contribution in [3.05, 3.63) is 11.6 Å². The fraction of sp³-hybridized carbons (Fsp3) is 0.931. The van der Waals surface area contributed by atoms with E-state index in [4.69, 9.17) is 0 Å². The van der Waals surface area contributed by atoms with Gasteiger partial charge in [0.15, 0.2) is 0 Å². The molecule has 172 valence electrons. The summed E-state index contributed by atoms with van der Waals surface area (Å²) in [6.07, 6.45) is 15.8. The van der Waals surface area contributed by atoms with E-state index in [2.05, 4.69) is 54.5 Å². The normalized spacial score (nSPS) is 46.0. The summed E-state index contributed by atoms with van der Waals surface area (Å²) in [6.45, 7) is 17.3. The van der Waals surface area contributed by atoms with Crippen LogP contribution in [0.15, 0.2) is 11.6 Å². The molecular formula is C29H50O. The minimum absolute atomic E-state index is 0.0752. The molecular weight excluding hydrogens is 364 g/mol. The summed E-state index contributed by atoms with van der Waals surface area (Å²) in [5.41, 5.74) is 2.95. The van der Waals surface area contributed by atoms with Crippen molar-refractivity contribution in [2.24, 2.45) is 51.8 Å². The van der Waals surface area contributed by atoms with Gasteiger partial charge in [0.2, 0.25) is 0 Å². The Morgan fingerprint density at radius 3 is 2.43 bits per heavy atom. The Morgan fingerprint density at radius 2 is 1.73 bits per heavy atom. The van der Waals surface area contributed by atoms with Crippen molar-refractivity contribution in [2.45, 2.75) is 119 Å². The van der Waals surface area contributed by atoms with Gasteiger partial charge >= 0.3 is 0 Å². The van der Waals surface area contributed by atoms with Gasteiger partial charge in [0.25, 0.3) is 0 Å². The van der Waals surface area contributed by atoms with Crippen LogP contribution < -0.4 is 0 Å². The van der Waals surface area contributed by atoms with E-state index in [1.807, 2.05) is 0 Å². The molecule has 1 heteroatoms. The molecule has 0 spiro atoms. The predicted octanol–water partition coefficient (Wildman–Crippen LogP) is 8.02. The zero-order chi connectivity index (χ0) is 21.9. The van der Waals surface area contributed by atoms with Crippen LogP contribution in [-0.2, 0) is 0 Å². The first kappa shape index (κ1) is 22.9. The van der Waals surface area contributed by atoms with Gasteiger partial charge in [-0.05, 0) is 90.3 Å². The second-order valence-corrected chi connectivity index (χ2v) is 13.6. The summed E-state index contributed by atoms with van der Waals surface area (Å²) >= 11 is 0. The van der Waals surface area contributed by atoms with Gasteiger partial charge in [-0.25, -0.2) is 0 Å². The van der Waals surface area contributed by atoms with Crippen LogP contribution in [0.25, 0.3) is 0 Å². The zero-order valence-corrected chi connectivity index (χ0v) is 21.1. The van der Waals surface area contributed by atoms with Crippen molar-refractivity contribution in [3.8, 4) is 0 Å². The smallest absolute Gasteiger partial charge is 0.0579 e. The lowest BCUT2D eigenvalue weighted by molar-refractivity contribution is -0.0627. The molecule has 0 amide bonds. The average Bonchev–Trinajstić information content (AvgIpc) is 2.91. The Balaban J connectivity index is 1.57. The van der Waals surface area contributed by atoms with E-state index >= 15 is 0 Å². The summed E-state index contributed by atoms with van der Waals surface area (Å²) in [5.74, 6) is 4.34. The Kier molecular flexibility index (Phi) is 6.05. The van der Waals surface area contributed by atoms with Crippen molar-refractivity contribution < 1.29 is 5.11 Å². The van der Waals surface area contributed by atoms with Gasteiger partial charge in [0.1, 0.15) is 0 Å². The molecule has 0 radical (unpaired) electrons. The molecule has 0 aromatic heterocycles. The Hall–Kier alpha value is -0.300. The van der Waals surface area contributed by atoms with E-state index in [0.29, 0.717) is 28.1 Å². The first-order valence-corrected chi connectivity index (χ1v) is 13.4. The molecule has 0 aromatic carbocycles. The number of hydrogen-bond donors (Lipinski definition) is 1. The first-order chi connectivity index (χ1) is 14.0. The zero-order valence-electron chi connectivity index (χ0n) is 21.1. The van der Waals surface area contributed by atoms with Crippen molar-refractivity contribution in [2.75, 3.05) is 0 Å². The standard InChI is InChI=1S/C29H50O/c1-19(2)10-8-11-20(3)26-24(30)18-23-21-12-13-25-27(4,5)15-9-16-28(25,6)22(21)14-17-29(23,26)7/h13,19-24,26,30H,8-12,14-18H2,1-7H3/t20?,21-,22+,23+,24+,26+,28-,29+/m1/s1. The average molecular weight is 415 g/mol. The molecule has 4 rings (SSSR count). The molecule has 3 saturated carbocycles. The summed E-state index contributed by atoms with van der Waals surface area (Å²) in [7, 11) is 0. The van der Waals surface area contributed by atoms with E-state index in [0.717, 1.165) is 30.1 Å². The minimum atomic E-state index is -0.0752. The highest BCUT2D eigenvalue weighted by Crippen LogP contribution is 2.68. The van der Waals surface area contributed by atoms with Crippen molar-refractivity contribution in [3.63, 3.8) is 0 Å². The van der Waals surface area contributed by atoms with Gasteiger partial charge in [0, 0.05) is 0 Å². The summed E-state index contributed by atoms with van der Waals surface area (Å²) < 4.78 is 0. The monoisotopic (exact) mass is 414 g/mol. The number of rotatable bonds is 5. The topological polar surface area (TPSA) is 20.2 Å². The number of hydrogen-bond acceptors (Lipinski definition) is 1. The van der Waals surface area contributed by atoms with Gasteiger partial charge in [-0.3, -0.25) is 0 Å². The highest BCUT2D eigenvalue weighted by Gasteiger charge is 2.62. The summed E-state index contributed by atoms with van der Waals surface area (Å²) in [4.78, 5) is 0. The van der Waals surface area contributed by atoms with Crippen molar-refractivity contribution in [1.29, 1.82) is 0 Å². The maximum absolute atomic E-state index is 11.3. The van der Waals surface area contributed by atoms with Crippen LogP contribution in [0.1, 0.15) is 113 Å². The fourth-order valence-corrected chi connectivity index (χ4v) is 9.60. The molecule has 30 heavy (non-hydrogen) atoms. The van der Waals surface area contributed by atoms with Crippen LogP contribution in [0.5, 0.6) is 0 Å². The van der Waals surface area contributed by atoms with E-state index in [1.54, 1.807) is 5.57 Å². The molecule has 1 N–H and O–H groups in total. The molecule has 0 heterocycles. The third-order valence-corrected chi connectivity index (χ3v) is 10.9. The third-order valence-electron chi connectivity index (χ3n) is 10.9. The molecule has 4 aliphatic rings. The number of fused-ring (bicyclic) bond motifs is 5. The van der Waals surface area contributed by atoms with Crippen molar-refractivity contribution in [1.82, 2.24) is 0 Å². The lowest BCUT2D eigenvalue weighted by atomic mass is 9.44. The Labute approximate surface area is 187 Å². The minimum Gasteiger partial charge on any atom is -0.393 e. The van der Waals surface area contributed by atoms with Gasteiger partial charge in [-0.15, -0.1) is 0 Å². The maximum atomic E-state index is 11.3. The molecule has 1 unspecified atom stereocenters. The molecule has 1 nitrogen and oxygen atoms in total. The summed E-state index contributed by atoms with van der Waals surface area (Å²) in [6, 6.07) is 0. The Bertz CT molecular complexity index is 659. The largest absolute Gasteiger partial charge is 0.393 e.